The minimum atomic E-state index is -4.72. The van der Waals surface area contributed by atoms with E-state index in [1.54, 1.807) is 0 Å². The second-order valence-corrected chi connectivity index (χ2v) is 6.40. The summed E-state index contributed by atoms with van der Waals surface area (Å²) in [5.74, 6) is 0.797. The lowest BCUT2D eigenvalue weighted by atomic mass is 10.3. The molecule has 3 rings (SSSR count). The van der Waals surface area contributed by atoms with Gasteiger partial charge in [-0.3, -0.25) is 9.98 Å². The molecule has 0 unspecified atom stereocenters. The molecule has 1 aromatic rings. The van der Waals surface area contributed by atoms with Crippen molar-refractivity contribution >= 4 is 39.6 Å². The molecule has 0 aliphatic carbocycles. The third-order valence-corrected chi connectivity index (χ3v) is 4.32. The number of hydrogen-bond acceptors (Lipinski definition) is 7. The first-order valence-electron chi connectivity index (χ1n) is 6.31. The monoisotopic (exact) mass is 370 g/mol. The summed E-state index contributed by atoms with van der Waals surface area (Å²) in [6.45, 7) is 0. The highest BCUT2D eigenvalue weighted by atomic mass is 35.5. The van der Waals surface area contributed by atoms with Gasteiger partial charge in [-0.25, -0.2) is 19.2 Å². The van der Waals surface area contributed by atoms with E-state index in [-0.39, 0.29) is 22.4 Å². The molecular weight excluding hydrogens is 363 g/mol. The molecule has 24 heavy (non-hydrogen) atoms. The molecule has 3 N–H and O–H groups in total. The van der Waals surface area contributed by atoms with Crippen LogP contribution in [0.15, 0.2) is 51.5 Å². The van der Waals surface area contributed by atoms with E-state index in [2.05, 4.69) is 15.7 Å². The maximum Gasteiger partial charge on any atom is 0.301 e. The molecule has 2 aliphatic heterocycles. The minimum Gasteiger partial charge on any atom is -0.339 e. The maximum atomic E-state index is 13.4. The quantitative estimate of drug-likeness (QED) is 0.545. The van der Waals surface area contributed by atoms with Crippen LogP contribution in [-0.2, 0) is 14.9 Å². The molecule has 0 aromatic heterocycles. The molecule has 0 saturated carbocycles. The second-order valence-electron chi connectivity index (χ2n) is 4.63. The second kappa shape index (κ2) is 5.77. The molecule has 2 aliphatic rings. The summed E-state index contributed by atoms with van der Waals surface area (Å²) in [6, 6.07) is 3.65. The van der Waals surface area contributed by atoms with E-state index in [1.165, 1.54) is 30.4 Å². The Balaban J connectivity index is 2.04. The summed E-state index contributed by atoms with van der Waals surface area (Å²) in [6.07, 6.45) is 2.66. The van der Waals surface area contributed by atoms with Crippen molar-refractivity contribution in [2.75, 3.05) is 5.32 Å². The van der Waals surface area contributed by atoms with Gasteiger partial charge < -0.3 is 5.32 Å². The minimum absolute atomic E-state index is 0.193. The number of benzene rings is 1. The molecule has 0 radical (unpaired) electrons. The van der Waals surface area contributed by atoms with Gasteiger partial charge in [0.05, 0.1) is 10.7 Å². The van der Waals surface area contributed by atoms with Crippen LogP contribution in [0, 0.1) is 5.82 Å². The number of hydrazine groups is 1. The molecule has 0 spiro atoms. The Kier molecular flexibility index (Phi) is 3.90. The zero-order valence-electron chi connectivity index (χ0n) is 11.6. The van der Waals surface area contributed by atoms with E-state index in [9.17, 15) is 22.2 Å². The largest absolute Gasteiger partial charge is 0.339 e. The van der Waals surface area contributed by atoms with Crippen molar-refractivity contribution in [1.82, 2.24) is 10.4 Å². The lowest BCUT2D eigenvalue weighted by molar-refractivity contribution is 0.374. The number of nitrogens with zero attached hydrogens (tertiary/aromatic N) is 2. The zero-order chi connectivity index (χ0) is 17.5. The van der Waals surface area contributed by atoms with Crippen LogP contribution in [0.1, 0.15) is 0 Å². The summed E-state index contributed by atoms with van der Waals surface area (Å²) in [5.41, 5.74) is 2.13. The van der Waals surface area contributed by atoms with Crippen molar-refractivity contribution in [3.8, 4) is 0 Å². The van der Waals surface area contributed by atoms with Gasteiger partial charge in [0.25, 0.3) is 0 Å². The van der Waals surface area contributed by atoms with E-state index in [0.29, 0.717) is 0 Å². The lowest BCUT2D eigenvalue weighted by Gasteiger charge is -2.25. The van der Waals surface area contributed by atoms with Crippen molar-refractivity contribution < 1.29 is 22.2 Å². The fraction of sp³-hybridized carbons (Fsp3) is 0. The Morgan fingerprint density at radius 1 is 1.42 bits per heavy atom. The van der Waals surface area contributed by atoms with Crippen molar-refractivity contribution in [3.63, 3.8) is 0 Å². The van der Waals surface area contributed by atoms with Crippen LogP contribution >= 0.6 is 11.6 Å². The van der Waals surface area contributed by atoms with Gasteiger partial charge in [-0.1, -0.05) is 11.6 Å². The number of hydrogen-bond donors (Lipinski definition) is 3. The predicted molar refractivity (Wildman–Crippen MR) is 84.4 cm³/mol. The fourth-order valence-electron chi connectivity index (χ4n) is 2.11. The Morgan fingerprint density at radius 3 is 2.83 bits per heavy atom. The van der Waals surface area contributed by atoms with Gasteiger partial charge in [0.1, 0.15) is 11.6 Å². The van der Waals surface area contributed by atoms with Crippen LogP contribution < -0.4 is 10.7 Å². The van der Waals surface area contributed by atoms with Crippen molar-refractivity contribution in [2.24, 2.45) is 4.99 Å². The highest BCUT2D eigenvalue weighted by molar-refractivity contribution is 7.90. The van der Waals surface area contributed by atoms with Crippen molar-refractivity contribution in [3.05, 3.63) is 57.4 Å². The van der Waals surface area contributed by atoms with E-state index >= 15 is 0 Å². The number of fused-ring (bicyclic) bond motifs is 1. The summed E-state index contributed by atoms with van der Waals surface area (Å²) < 4.78 is 45.6. The Morgan fingerprint density at radius 2 is 2.17 bits per heavy atom. The summed E-state index contributed by atoms with van der Waals surface area (Å²) in [5, 5.41) is 4.09. The van der Waals surface area contributed by atoms with E-state index in [4.69, 9.17) is 11.6 Å². The first kappa shape index (κ1) is 16.2. The van der Waals surface area contributed by atoms with Gasteiger partial charge in [0.15, 0.2) is 22.4 Å². The maximum absolute atomic E-state index is 13.4. The van der Waals surface area contributed by atoms with Crippen molar-refractivity contribution in [1.29, 1.82) is 0 Å². The predicted octanol–water partition coefficient (Wildman–Crippen LogP) is 1.41. The molecule has 0 atom stereocenters. The van der Waals surface area contributed by atoms with Crippen molar-refractivity contribution in [2.45, 2.75) is 0 Å². The SMILES string of the molecule is O=C=C1NN2C(Nc3cc(F)ccc3Cl)=CC=NC2=C1S(=O)(=O)O. The lowest BCUT2D eigenvalue weighted by Crippen LogP contribution is -2.34. The van der Waals surface area contributed by atoms with E-state index in [0.717, 1.165) is 11.1 Å². The number of rotatable bonds is 3. The van der Waals surface area contributed by atoms with Gasteiger partial charge in [-0.15, -0.1) is 0 Å². The average Bonchev–Trinajstić information content (AvgIpc) is 2.90. The third kappa shape index (κ3) is 2.79. The normalized spacial score (nSPS) is 16.5. The van der Waals surface area contributed by atoms with Gasteiger partial charge in [-0.2, -0.15) is 8.42 Å². The highest BCUT2D eigenvalue weighted by Gasteiger charge is 2.38. The molecule has 0 amide bonds. The highest BCUT2D eigenvalue weighted by Crippen LogP contribution is 2.33. The number of anilines is 1. The summed E-state index contributed by atoms with van der Waals surface area (Å²) >= 11 is 5.97. The molecule has 0 saturated heterocycles. The first-order valence-corrected chi connectivity index (χ1v) is 8.13. The fourth-order valence-corrected chi connectivity index (χ4v) is 3.00. The summed E-state index contributed by atoms with van der Waals surface area (Å²) in [4.78, 5) is 14.1. The molecule has 124 valence electrons. The Bertz CT molecular complexity index is 980. The van der Waals surface area contributed by atoms with Gasteiger partial charge >= 0.3 is 10.1 Å². The summed E-state index contributed by atoms with van der Waals surface area (Å²) in [7, 11) is -4.72. The number of carbonyl (C=O) groups excluding carboxylic acids is 1. The van der Waals surface area contributed by atoms with Crippen LogP contribution in [0.3, 0.4) is 0 Å². The zero-order valence-corrected chi connectivity index (χ0v) is 13.2. The van der Waals surface area contributed by atoms with Crippen LogP contribution in [0.25, 0.3) is 0 Å². The standard InChI is InChI=1S/C13H8ClFN4O4S/c14-8-2-1-7(15)5-9(8)17-11-3-4-16-13-12(24(21,22)23)10(6-20)18-19(11)13/h1-5,17-18H,(H,21,22,23). The van der Waals surface area contributed by atoms with Crippen LogP contribution in [0.2, 0.25) is 5.02 Å². The van der Waals surface area contributed by atoms with Gasteiger partial charge in [-0.05, 0) is 24.3 Å². The third-order valence-electron chi connectivity index (χ3n) is 3.09. The average molecular weight is 371 g/mol. The molecule has 1 aromatic carbocycles. The van der Waals surface area contributed by atoms with Crippen LogP contribution in [-0.4, -0.2) is 30.1 Å². The topological polar surface area (TPSA) is 111 Å². The van der Waals surface area contributed by atoms with Crippen LogP contribution in [0.5, 0.6) is 0 Å². The number of nitrogens with one attached hydrogen (secondary N) is 2. The van der Waals surface area contributed by atoms with E-state index in [1.807, 2.05) is 0 Å². The molecule has 2 heterocycles. The molecular formula is C13H8ClFN4O4S. The number of halogens is 2. The van der Waals surface area contributed by atoms with E-state index < -0.39 is 26.5 Å². The molecule has 11 heteroatoms. The number of allylic oxidation sites excluding steroid dienone is 1. The smallest absolute Gasteiger partial charge is 0.301 e. The molecule has 8 nitrogen and oxygen atoms in total. The Hall–Kier alpha value is -2.65. The Labute approximate surface area is 140 Å². The molecule has 0 bridgehead atoms. The first-order chi connectivity index (χ1) is 11.3. The molecule has 0 fully saturated rings. The van der Waals surface area contributed by atoms with Gasteiger partial charge in [0.2, 0.25) is 0 Å². The van der Waals surface area contributed by atoms with Crippen LogP contribution in [0.4, 0.5) is 10.1 Å². The number of aliphatic imine (C=N–C) groups is 1. The van der Waals surface area contributed by atoms with Gasteiger partial charge in [0, 0.05) is 6.21 Å².